The molecule has 0 aromatic carbocycles. The third-order valence-electron chi connectivity index (χ3n) is 5.27. The minimum atomic E-state index is -4.66. The van der Waals surface area contributed by atoms with Crippen LogP contribution in [0, 0.1) is 12.8 Å². The van der Waals surface area contributed by atoms with Gasteiger partial charge in [0, 0.05) is 25.1 Å². The van der Waals surface area contributed by atoms with E-state index in [4.69, 9.17) is 9.84 Å². The first-order valence-electron chi connectivity index (χ1n) is 10.6. The van der Waals surface area contributed by atoms with Crippen LogP contribution >= 0.6 is 11.5 Å². The van der Waals surface area contributed by atoms with Crippen molar-refractivity contribution in [3.05, 3.63) is 47.7 Å². The van der Waals surface area contributed by atoms with Crippen LogP contribution in [0.5, 0.6) is 5.88 Å². The number of anilines is 3. The van der Waals surface area contributed by atoms with Gasteiger partial charge in [-0.1, -0.05) is 0 Å². The summed E-state index contributed by atoms with van der Waals surface area (Å²) in [5.41, 5.74) is -0.287. The fourth-order valence-electron chi connectivity index (χ4n) is 3.48. The van der Waals surface area contributed by atoms with Gasteiger partial charge in [0.05, 0.1) is 42.1 Å². The third-order valence-corrected chi connectivity index (χ3v) is 6.13. The Morgan fingerprint density at radius 1 is 1.28 bits per heavy atom. The lowest BCUT2D eigenvalue weighted by Gasteiger charge is -2.13. The maximum absolute atomic E-state index is 12.9. The highest BCUT2D eigenvalue weighted by atomic mass is 32.1. The molecule has 0 bridgehead atoms. The first-order valence-corrected chi connectivity index (χ1v) is 11.4. The van der Waals surface area contributed by atoms with E-state index in [0.29, 0.717) is 49.6 Å². The van der Waals surface area contributed by atoms with Gasteiger partial charge < -0.3 is 25.4 Å². The molecule has 15 heteroatoms. The fourth-order valence-corrected chi connectivity index (χ4v) is 4.28. The number of hydrogen-bond donors (Lipinski definition) is 3. The monoisotopic (exact) mass is 523 g/mol. The minimum absolute atomic E-state index is 0.0729. The maximum Gasteiger partial charge on any atom is 0.434 e. The number of nitrogens with one attached hydrogen (secondary N) is 2. The van der Waals surface area contributed by atoms with Crippen molar-refractivity contribution in [3.63, 3.8) is 0 Å². The molecule has 2 amide bonds. The Balaban J connectivity index is 1.37. The van der Waals surface area contributed by atoms with Gasteiger partial charge in [0.2, 0.25) is 5.88 Å². The van der Waals surface area contributed by atoms with Crippen molar-refractivity contribution in [2.45, 2.75) is 19.5 Å². The fraction of sp³-hybridized carbons (Fsp3) is 0.333. The van der Waals surface area contributed by atoms with Gasteiger partial charge in [-0.25, -0.2) is 14.8 Å². The second kappa shape index (κ2) is 10.3. The van der Waals surface area contributed by atoms with Crippen molar-refractivity contribution in [1.82, 2.24) is 24.2 Å². The van der Waals surface area contributed by atoms with Gasteiger partial charge in [0.15, 0.2) is 5.69 Å². The zero-order valence-corrected chi connectivity index (χ0v) is 19.6. The second-order valence-electron chi connectivity index (χ2n) is 7.92. The Morgan fingerprint density at radius 2 is 2.08 bits per heavy atom. The van der Waals surface area contributed by atoms with Crippen molar-refractivity contribution in [3.8, 4) is 5.88 Å². The van der Waals surface area contributed by atoms with Crippen molar-refractivity contribution >= 4 is 40.0 Å². The summed E-state index contributed by atoms with van der Waals surface area (Å²) in [6, 6.07) is 3.15. The minimum Gasteiger partial charge on any atom is -0.477 e. The number of aryl methyl sites for hydroxylation is 1. The Morgan fingerprint density at radius 3 is 2.75 bits per heavy atom. The summed E-state index contributed by atoms with van der Waals surface area (Å²) in [7, 11) is 0. The lowest BCUT2D eigenvalue weighted by Crippen LogP contribution is -2.27. The smallest absolute Gasteiger partial charge is 0.434 e. The van der Waals surface area contributed by atoms with E-state index in [-0.39, 0.29) is 22.3 Å². The maximum atomic E-state index is 12.9. The molecule has 4 heterocycles. The predicted octanol–water partition coefficient (Wildman–Crippen LogP) is 4.03. The number of likely N-dealkylation sites (tertiary alicyclic amines) is 1. The molecule has 3 aromatic rings. The summed E-state index contributed by atoms with van der Waals surface area (Å²) in [5, 5.41) is 14.6. The van der Waals surface area contributed by atoms with Crippen LogP contribution in [0.3, 0.4) is 0 Å². The van der Waals surface area contributed by atoms with Crippen LogP contribution in [-0.4, -0.2) is 61.0 Å². The molecule has 4 rings (SSSR count). The number of hydrogen-bond acceptors (Lipinski definition) is 9. The molecule has 1 aliphatic rings. The summed E-state index contributed by atoms with van der Waals surface area (Å²) in [6.45, 7) is 2.78. The number of ether oxygens (including phenoxy) is 1. The van der Waals surface area contributed by atoms with Crippen molar-refractivity contribution in [2.24, 2.45) is 5.92 Å². The molecule has 3 aromatic heterocycles. The molecule has 0 spiro atoms. The van der Waals surface area contributed by atoms with Gasteiger partial charge in [-0.3, -0.25) is 9.78 Å². The van der Waals surface area contributed by atoms with E-state index in [1.165, 1.54) is 11.1 Å². The molecule has 36 heavy (non-hydrogen) atoms. The first kappa shape index (κ1) is 25.1. The average molecular weight is 523 g/mol. The zero-order valence-electron chi connectivity index (χ0n) is 18.7. The molecule has 11 nitrogen and oxygen atoms in total. The van der Waals surface area contributed by atoms with Crippen molar-refractivity contribution in [1.29, 1.82) is 0 Å². The van der Waals surface area contributed by atoms with Crippen molar-refractivity contribution < 1.29 is 32.6 Å². The Hall–Kier alpha value is -4.01. The third kappa shape index (κ3) is 5.97. The molecule has 1 saturated heterocycles. The molecule has 1 fully saturated rings. The Labute approximate surface area is 206 Å². The number of alkyl halides is 3. The van der Waals surface area contributed by atoms with E-state index in [2.05, 4.69) is 30.0 Å². The number of carbonyl (C=O) groups excluding carboxylic acids is 1. The molecule has 0 aliphatic carbocycles. The van der Waals surface area contributed by atoms with Crippen LogP contribution in [0.1, 0.15) is 28.2 Å². The number of aromatic nitrogens is 4. The number of amides is 2. The van der Waals surface area contributed by atoms with Gasteiger partial charge in [0.1, 0.15) is 10.8 Å². The van der Waals surface area contributed by atoms with Crippen LogP contribution in [-0.2, 0) is 6.18 Å². The SMILES string of the molecule is Cc1nsc(Nc2cncc(C(F)(F)F)n2)c1C(=O)Nc1ccc(OCC2CCN(C(=O)O)C2)nc1. The highest BCUT2D eigenvalue weighted by Crippen LogP contribution is 2.31. The van der Waals surface area contributed by atoms with Crippen molar-refractivity contribution in [2.75, 3.05) is 30.3 Å². The number of halogens is 3. The van der Waals surface area contributed by atoms with Gasteiger partial charge in [-0.05, 0) is 30.9 Å². The number of nitrogens with zero attached hydrogens (tertiary/aromatic N) is 5. The molecule has 3 N–H and O–H groups in total. The Kier molecular flexibility index (Phi) is 7.19. The summed E-state index contributed by atoms with van der Waals surface area (Å²) in [4.78, 5) is 36.4. The largest absolute Gasteiger partial charge is 0.477 e. The van der Waals surface area contributed by atoms with E-state index in [1.54, 1.807) is 19.1 Å². The normalized spacial score (nSPS) is 15.6. The average Bonchev–Trinajstić information content (AvgIpc) is 3.45. The summed E-state index contributed by atoms with van der Waals surface area (Å²) in [6.07, 6.45) is -1.79. The standard InChI is InChI=1S/C21H20F3N7O4S/c1-11-17(19(36-30-11)29-15-8-25-7-14(28-15)21(22,23)24)18(32)27-13-2-3-16(26-6-13)35-10-12-4-5-31(9-12)20(33)34/h2-3,6-8,12H,4-5,9-10H2,1H3,(H,27,32)(H,28,29)(H,33,34). The molecular formula is C21H20F3N7O4S. The summed E-state index contributed by atoms with van der Waals surface area (Å²) >= 11 is 0.899. The number of carboxylic acid groups (broad SMARTS) is 1. The zero-order chi connectivity index (χ0) is 25.9. The van der Waals surface area contributed by atoms with E-state index in [1.807, 2.05) is 0 Å². The topological polar surface area (TPSA) is 142 Å². The van der Waals surface area contributed by atoms with Crippen LogP contribution in [0.25, 0.3) is 0 Å². The summed E-state index contributed by atoms with van der Waals surface area (Å²) < 4.78 is 48.5. The van der Waals surface area contributed by atoms with Crippen LogP contribution in [0.15, 0.2) is 30.7 Å². The number of pyridine rings is 1. The molecular weight excluding hydrogens is 503 g/mol. The van der Waals surface area contributed by atoms with Gasteiger partial charge >= 0.3 is 12.3 Å². The predicted molar refractivity (Wildman–Crippen MR) is 123 cm³/mol. The summed E-state index contributed by atoms with van der Waals surface area (Å²) in [5.74, 6) is -0.331. The van der Waals surface area contributed by atoms with E-state index in [9.17, 15) is 22.8 Å². The number of rotatable bonds is 7. The van der Waals surface area contributed by atoms with Gasteiger partial charge in [-0.15, -0.1) is 0 Å². The highest BCUT2D eigenvalue weighted by Gasteiger charge is 2.33. The van der Waals surface area contributed by atoms with E-state index >= 15 is 0 Å². The lowest BCUT2D eigenvalue weighted by atomic mass is 10.1. The van der Waals surface area contributed by atoms with Gasteiger partial charge in [0.25, 0.3) is 5.91 Å². The molecule has 1 atom stereocenters. The van der Waals surface area contributed by atoms with Crippen LogP contribution in [0.4, 0.5) is 34.5 Å². The van der Waals surface area contributed by atoms with E-state index < -0.39 is 23.9 Å². The molecule has 1 unspecified atom stereocenters. The number of carbonyl (C=O) groups is 2. The molecule has 1 aliphatic heterocycles. The Bertz CT molecular complexity index is 1250. The molecule has 0 saturated carbocycles. The molecule has 190 valence electrons. The quantitative estimate of drug-likeness (QED) is 0.418. The lowest BCUT2D eigenvalue weighted by molar-refractivity contribution is -0.141. The van der Waals surface area contributed by atoms with Crippen LogP contribution in [0.2, 0.25) is 0 Å². The van der Waals surface area contributed by atoms with Gasteiger partial charge in [-0.2, -0.15) is 17.5 Å². The second-order valence-corrected chi connectivity index (χ2v) is 8.69. The first-order chi connectivity index (χ1) is 17.1. The molecule has 0 radical (unpaired) electrons. The van der Waals surface area contributed by atoms with Crippen LogP contribution < -0.4 is 15.4 Å². The van der Waals surface area contributed by atoms with E-state index in [0.717, 1.165) is 17.7 Å². The highest BCUT2D eigenvalue weighted by molar-refractivity contribution is 7.10.